The van der Waals surface area contributed by atoms with Gasteiger partial charge < -0.3 is 5.32 Å². The Morgan fingerprint density at radius 3 is 2.48 bits per heavy atom. The molecule has 0 radical (unpaired) electrons. The molecule has 0 saturated heterocycles. The van der Waals surface area contributed by atoms with Crippen molar-refractivity contribution in [2.24, 2.45) is 0 Å². The third kappa shape index (κ3) is 3.38. The molecule has 0 saturated carbocycles. The van der Waals surface area contributed by atoms with Crippen molar-refractivity contribution in [3.63, 3.8) is 0 Å². The van der Waals surface area contributed by atoms with Gasteiger partial charge in [0.05, 0.1) is 11.4 Å². The highest BCUT2D eigenvalue weighted by atomic mass is 35.5. The maximum absolute atomic E-state index is 6.02. The first kappa shape index (κ1) is 14.0. The van der Waals surface area contributed by atoms with E-state index in [0.29, 0.717) is 16.6 Å². The lowest BCUT2D eigenvalue weighted by Gasteiger charge is -2.12. The highest BCUT2D eigenvalue weighted by molar-refractivity contribution is 6.34. The molecule has 0 amide bonds. The lowest BCUT2D eigenvalue weighted by molar-refractivity contribution is 0.879. The van der Waals surface area contributed by atoms with Gasteiger partial charge in [0, 0.05) is 29.0 Å². The smallest absolute Gasteiger partial charge is 0.0876 e. The molecule has 5 heteroatoms. The molecule has 0 aliphatic heterocycles. The maximum Gasteiger partial charge on any atom is 0.0876 e. The minimum absolute atomic E-state index is 0.637. The van der Waals surface area contributed by atoms with Gasteiger partial charge in [0.15, 0.2) is 0 Å². The summed E-state index contributed by atoms with van der Waals surface area (Å²) >= 11 is 12.0. The SMILES string of the molecule is Clc1cc(Cl)cc(CNc2ccccc2-n2cccn2)c1. The fourth-order valence-electron chi connectivity index (χ4n) is 2.14. The van der Waals surface area contributed by atoms with Crippen molar-refractivity contribution in [2.75, 3.05) is 5.32 Å². The van der Waals surface area contributed by atoms with Crippen molar-refractivity contribution in [2.45, 2.75) is 6.54 Å². The predicted molar refractivity (Wildman–Crippen MR) is 87.4 cm³/mol. The average Bonchev–Trinajstić information content (AvgIpc) is 2.98. The fraction of sp³-hybridized carbons (Fsp3) is 0.0625. The number of hydrogen-bond donors (Lipinski definition) is 1. The molecule has 0 bridgehead atoms. The summed E-state index contributed by atoms with van der Waals surface area (Å²) in [5.74, 6) is 0. The second-order valence-corrected chi connectivity index (χ2v) is 5.47. The van der Waals surface area contributed by atoms with Crippen LogP contribution in [0.3, 0.4) is 0 Å². The third-order valence-corrected chi connectivity index (χ3v) is 3.50. The molecule has 0 unspecified atom stereocenters. The summed E-state index contributed by atoms with van der Waals surface area (Å²) < 4.78 is 1.83. The summed E-state index contributed by atoms with van der Waals surface area (Å²) in [6.07, 6.45) is 3.67. The molecule has 106 valence electrons. The third-order valence-electron chi connectivity index (χ3n) is 3.06. The van der Waals surface area contributed by atoms with E-state index >= 15 is 0 Å². The van der Waals surface area contributed by atoms with Crippen LogP contribution in [0.25, 0.3) is 5.69 Å². The van der Waals surface area contributed by atoms with Crippen molar-refractivity contribution >= 4 is 28.9 Å². The Balaban J connectivity index is 1.82. The van der Waals surface area contributed by atoms with Crippen LogP contribution in [0.2, 0.25) is 10.0 Å². The molecule has 2 aromatic carbocycles. The van der Waals surface area contributed by atoms with Gasteiger partial charge in [-0.2, -0.15) is 5.10 Å². The number of nitrogens with zero attached hydrogens (tertiary/aromatic N) is 2. The van der Waals surface area contributed by atoms with Crippen molar-refractivity contribution in [3.05, 3.63) is 76.5 Å². The fourth-order valence-corrected chi connectivity index (χ4v) is 2.72. The van der Waals surface area contributed by atoms with Gasteiger partial charge >= 0.3 is 0 Å². The van der Waals surface area contributed by atoms with E-state index in [9.17, 15) is 0 Å². The minimum atomic E-state index is 0.637. The summed E-state index contributed by atoms with van der Waals surface area (Å²) in [5, 5.41) is 8.94. The largest absolute Gasteiger partial charge is 0.379 e. The highest BCUT2D eigenvalue weighted by Crippen LogP contribution is 2.22. The van der Waals surface area contributed by atoms with Gasteiger partial charge in [-0.25, -0.2) is 4.68 Å². The Labute approximate surface area is 133 Å². The molecule has 3 rings (SSSR count). The van der Waals surface area contributed by atoms with Crippen LogP contribution in [0.4, 0.5) is 5.69 Å². The van der Waals surface area contributed by atoms with Gasteiger partial charge in [0.1, 0.15) is 0 Å². The van der Waals surface area contributed by atoms with Crippen molar-refractivity contribution in [1.29, 1.82) is 0 Å². The molecule has 0 aliphatic carbocycles. The van der Waals surface area contributed by atoms with Crippen LogP contribution in [-0.2, 0) is 6.54 Å². The Morgan fingerprint density at radius 1 is 1.00 bits per heavy atom. The molecule has 3 aromatic rings. The van der Waals surface area contributed by atoms with E-state index in [2.05, 4.69) is 10.4 Å². The molecule has 1 aromatic heterocycles. The standard InChI is InChI=1S/C16H13Cl2N3/c17-13-8-12(9-14(18)10-13)11-19-15-4-1-2-5-16(15)21-7-3-6-20-21/h1-10,19H,11H2. The van der Waals surface area contributed by atoms with Crippen LogP contribution in [0.5, 0.6) is 0 Å². The lowest BCUT2D eigenvalue weighted by Crippen LogP contribution is -2.04. The van der Waals surface area contributed by atoms with E-state index in [1.54, 1.807) is 12.3 Å². The van der Waals surface area contributed by atoms with Crippen LogP contribution in [0, 0.1) is 0 Å². The number of rotatable bonds is 4. The summed E-state index contributed by atoms with van der Waals surface area (Å²) in [6.45, 7) is 0.637. The number of hydrogen-bond acceptors (Lipinski definition) is 2. The van der Waals surface area contributed by atoms with Crippen LogP contribution in [0.15, 0.2) is 60.9 Å². The van der Waals surface area contributed by atoms with E-state index in [1.165, 1.54) is 0 Å². The first-order valence-corrected chi connectivity index (χ1v) is 7.26. The molecule has 0 aliphatic rings. The molecule has 0 atom stereocenters. The van der Waals surface area contributed by atoms with E-state index in [-0.39, 0.29) is 0 Å². The molecule has 3 nitrogen and oxygen atoms in total. The molecular formula is C16H13Cl2N3. The van der Waals surface area contributed by atoms with E-state index in [0.717, 1.165) is 16.9 Å². The van der Waals surface area contributed by atoms with Crippen LogP contribution < -0.4 is 5.32 Å². The van der Waals surface area contributed by atoms with E-state index in [4.69, 9.17) is 23.2 Å². The second-order valence-electron chi connectivity index (χ2n) is 4.60. The minimum Gasteiger partial charge on any atom is -0.379 e. The first-order valence-electron chi connectivity index (χ1n) is 6.50. The summed E-state index contributed by atoms with van der Waals surface area (Å²) in [6, 6.07) is 15.4. The number of aromatic nitrogens is 2. The van der Waals surface area contributed by atoms with Crippen LogP contribution in [-0.4, -0.2) is 9.78 Å². The molecule has 0 fully saturated rings. The van der Waals surface area contributed by atoms with Crippen molar-refractivity contribution in [1.82, 2.24) is 9.78 Å². The van der Waals surface area contributed by atoms with Gasteiger partial charge in [0.2, 0.25) is 0 Å². The lowest BCUT2D eigenvalue weighted by atomic mass is 10.2. The van der Waals surface area contributed by atoms with Crippen molar-refractivity contribution in [3.8, 4) is 5.69 Å². The Morgan fingerprint density at radius 2 is 1.76 bits per heavy atom. The molecule has 1 N–H and O–H groups in total. The van der Waals surface area contributed by atoms with Crippen LogP contribution >= 0.6 is 23.2 Å². The van der Waals surface area contributed by atoms with Gasteiger partial charge in [-0.1, -0.05) is 35.3 Å². The quantitative estimate of drug-likeness (QED) is 0.749. The van der Waals surface area contributed by atoms with E-state index in [1.807, 2.05) is 53.3 Å². The number of benzene rings is 2. The van der Waals surface area contributed by atoms with Gasteiger partial charge in [-0.15, -0.1) is 0 Å². The monoisotopic (exact) mass is 317 g/mol. The molecule has 1 heterocycles. The summed E-state index contributed by atoms with van der Waals surface area (Å²) in [5.41, 5.74) is 3.02. The zero-order chi connectivity index (χ0) is 14.7. The second kappa shape index (κ2) is 6.20. The van der Waals surface area contributed by atoms with Gasteiger partial charge in [-0.3, -0.25) is 0 Å². The van der Waals surface area contributed by atoms with Gasteiger partial charge in [0.25, 0.3) is 0 Å². The first-order chi connectivity index (χ1) is 10.2. The Bertz CT molecular complexity index is 719. The number of para-hydroxylation sites is 2. The normalized spacial score (nSPS) is 10.6. The summed E-state index contributed by atoms with van der Waals surface area (Å²) in [7, 11) is 0. The van der Waals surface area contributed by atoms with E-state index < -0.39 is 0 Å². The van der Waals surface area contributed by atoms with Gasteiger partial charge in [-0.05, 0) is 42.0 Å². The predicted octanol–water partition coefficient (Wildman–Crippen LogP) is 4.79. The highest BCUT2D eigenvalue weighted by Gasteiger charge is 2.04. The topological polar surface area (TPSA) is 29.9 Å². The molecular weight excluding hydrogens is 305 g/mol. The molecule has 21 heavy (non-hydrogen) atoms. The zero-order valence-electron chi connectivity index (χ0n) is 11.1. The average molecular weight is 318 g/mol. The number of anilines is 1. The number of nitrogens with one attached hydrogen (secondary N) is 1. The Kier molecular flexibility index (Phi) is 4.13. The molecule has 0 spiro atoms. The summed E-state index contributed by atoms with van der Waals surface area (Å²) in [4.78, 5) is 0. The Hall–Kier alpha value is -1.97. The zero-order valence-corrected chi connectivity index (χ0v) is 12.6. The van der Waals surface area contributed by atoms with Crippen LogP contribution in [0.1, 0.15) is 5.56 Å². The van der Waals surface area contributed by atoms with Crippen molar-refractivity contribution < 1.29 is 0 Å². The number of halogens is 2. The maximum atomic E-state index is 6.02.